The van der Waals surface area contributed by atoms with E-state index in [0.717, 1.165) is 13.1 Å². The van der Waals surface area contributed by atoms with Crippen molar-refractivity contribution >= 4 is 11.9 Å². The Hall–Kier alpha value is -2.48. The highest BCUT2D eigenvalue weighted by Gasteiger charge is 2.50. The first-order valence-electron chi connectivity index (χ1n) is 6.87. The molecule has 1 fully saturated rings. The first kappa shape index (κ1) is 12.3. The van der Waals surface area contributed by atoms with Crippen LogP contribution in [0.4, 0.5) is 5.95 Å². The maximum absolute atomic E-state index is 12.9. The number of carbonyl (C=O) groups is 1. The van der Waals surface area contributed by atoms with Gasteiger partial charge in [0, 0.05) is 25.9 Å². The number of para-hydroxylation sites is 1. The maximum atomic E-state index is 12.9. The first-order chi connectivity index (χ1) is 10.3. The number of anilines is 1. The lowest BCUT2D eigenvalue weighted by atomic mass is 9.96. The van der Waals surface area contributed by atoms with Gasteiger partial charge in [0.05, 0.1) is 5.56 Å². The van der Waals surface area contributed by atoms with Crippen molar-refractivity contribution in [1.82, 2.24) is 25.9 Å². The molecule has 3 heterocycles. The molecule has 1 spiro atoms. The molecule has 0 radical (unpaired) electrons. The molecule has 4 rings (SSSR count). The molecule has 108 valence electrons. The number of benzene rings is 1. The highest BCUT2D eigenvalue weighted by atomic mass is 16.5. The highest BCUT2D eigenvalue weighted by molar-refractivity contribution is 6.08. The van der Waals surface area contributed by atoms with Gasteiger partial charge in [0.15, 0.2) is 5.72 Å². The van der Waals surface area contributed by atoms with Crippen molar-refractivity contribution in [1.29, 1.82) is 0 Å². The lowest BCUT2D eigenvalue weighted by Gasteiger charge is -2.47. The number of amides is 1. The topological polar surface area (TPSA) is 96.0 Å². The standard InChI is InChI=1S/C13H14N6O2/c20-11-9-3-1-2-4-10(9)21-13(5-7-14-8-6-13)19(11)12-15-17-18-16-12/h1-4,14H,5-8H2,(H,15,16,17,18). The van der Waals surface area contributed by atoms with Crippen LogP contribution < -0.4 is 15.0 Å². The third-order valence-electron chi connectivity index (χ3n) is 3.95. The van der Waals surface area contributed by atoms with E-state index < -0.39 is 5.72 Å². The number of aromatic nitrogens is 4. The van der Waals surface area contributed by atoms with Crippen molar-refractivity contribution in [3.8, 4) is 5.75 Å². The minimum absolute atomic E-state index is 0.153. The number of nitrogens with one attached hydrogen (secondary N) is 2. The van der Waals surface area contributed by atoms with Crippen molar-refractivity contribution < 1.29 is 9.53 Å². The summed E-state index contributed by atoms with van der Waals surface area (Å²) in [7, 11) is 0. The minimum Gasteiger partial charge on any atom is -0.466 e. The van der Waals surface area contributed by atoms with Gasteiger partial charge in [0.25, 0.3) is 11.9 Å². The summed E-state index contributed by atoms with van der Waals surface area (Å²) >= 11 is 0. The molecule has 0 unspecified atom stereocenters. The summed E-state index contributed by atoms with van der Waals surface area (Å²) in [5.41, 5.74) is -0.230. The van der Waals surface area contributed by atoms with E-state index in [1.54, 1.807) is 6.07 Å². The van der Waals surface area contributed by atoms with Gasteiger partial charge in [0.2, 0.25) is 0 Å². The molecule has 2 aromatic rings. The zero-order valence-electron chi connectivity index (χ0n) is 11.2. The molecule has 2 aliphatic rings. The molecule has 0 aliphatic carbocycles. The van der Waals surface area contributed by atoms with Crippen molar-refractivity contribution in [3.05, 3.63) is 29.8 Å². The Balaban J connectivity index is 1.86. The van der Waals surface area contributed by atoms with Crippen molar-refractivity contribution in [2.24, 2.45) is 0 Å². The van der Waals surface area contributed by atoms with E-state index >= 15 is 0 Å². The summed E-state index contributed by atoms with van der Waals surface area (Å²) in [4.78, 5) is 14.4. The van der Waals surface area contributed by atoms with Gasteiger partial charge in [-0.25, -0.2) is 4.90 Å². The van der Waals surface area contributed by atoms with E-state index in [2.05, 4.69) is 25.9 Å². The number of aromatic amines is 1. The van der Waals surface area contributed by atoms with Gasteiger partial charge in [-0.3, -0.25) is 4.79 Å². The quantitative estimate of drug-likeness (QED) is 0.783. The number of carbonyl (C=O) groups excluding carboxylic acids is 1. The first-order valence-corrected chi connectivity index (χ1v) is 6.87. The second kappa shape index (κ2) is 4.52. The summed E-state index contributed by atoms with van der Waals surface area (Å²) in [6.45, 7) is 1.54. The van der Waals surface area contributed by atoms with E-state index in [-0.39, 0.29) is 11.9 Å². The summed E-state index contributed by atoms with van der Waals surface area (Å²) in [6.07, 6.45) is 1.34. The third kappa shape index (κ3) is 1.79. The van der Waals surface area contributed by atoms with Crippen LogP contribution in [-0.4, -0.2) is 45.3 Å². The fourth-order valence-electron chi connectivity index (χ4n) is 2.96. The number of nitrogens with zero attached hydrogens (tertiary/aromatic N) is 4. The van der Waals surface area contributed by atoms with Gasteiger partial charge in [-0.05, 0) is 17.3 Å². The summed E-state index contributed by atoms with van der Waals surface area (Å²) in [6, 6.07) is 7.25. The fourth-order valence-corrected chi connectivity index (χ4v) is 2.96. The number of ether oxygens (including phenoxy) is 1. The van der Waals surface area contributed by atoms with Crippen LogP contribution in [0.15, 0.2) is 24.3 Å². The van der Waals surface area contributed by atoms with Gasteiger partial charge < -0.3 is 10.1 Å². The number of rotatable bonds is 1. The molecule has 21 heavy (non-hydrogen) atoms. The lowest BCUT2D eigenvalue weighted by molar-refractivity contribution is 0.0198. The number of H-pyrrole nitrogens is 1. The van der Waals surface area contributed by atoms with Crippen LogP contribution in [0.25, 0.3) is 0 Å². The average molecular weight is 286 g/mol. The highest BCUT2D eigenvalue weighted by Crippen LogP contribution is 2.39. The summed E-state index contributed by atoms with van der Waals surface area (Å²) in [5.74, 6) is 0.709. The van der Waals surface area contributed by atoms with Gasteiger partial charge in [-0.2, -0.15) is 5.21 Å². The lowest BCUT2D eigenvalue weighted by Crippen LogP contribution is -2.63. The van der Waals surface area contributed by atoms with Crippen LogP contribution in [0.3, 0.4) is 0 Å². The number of hydrogen-bond donors (Lipinski definition) is 2. The Labute approximate surface area is 120 Å². The fraction of sp³-hybridized carbons (Fsp3) is 0.385. The van der Waals surface area contributed by atoms with Crippen LogP contribution in [0, 0.1) is 0 Å². The molecular weight excluding hydrogens is 272 g/mol. The average Bonchev–Trinajstić information content (AvgIpc) is 3.02. The third-order valence-corrected chi connectivity index (χ3v) is 3.95. The maximum Gasteiger partial charge on any atom is 0.275 e. The molecule has 8 heteroatoms. The summed E-state index contributed by atoms with van der Waals surface area (Å²) < 4.78 is 6.21. The van der Waals surface area contributed by atoms with Gasteiger partial charge in [-0.15, -0.1) is 5.10 Å². The molecule has 1 aromatic carbocycles. The monoisotopic (exact) mass is 286 g/mol. The van der Waals surface area contributed by atoms with Crippen LogP contribution >= 0.6 is 0 Å². The van der Waals surface area contributed by atoms with E-state index in [4.69, 9.17) is 4.74 Å². The molecule has 2 N–H and O–H groups in total. The Bertz CT molecular complexity index is 665. The Morgan fingerprint density at radius 3 is 2.81 bits per heavy atom. The van der Waals surface area contributed by atoms with E-state index in [1.807, 2.05) is 18.2 Å². The van der Waals surface area contributed by atoms with Gasteiger partial charge in [0.1, 0.15) is 5.75 Å². The molecule has 0 atom stereocenters. The molecular formula is C13H14N6O2. The van der Waals surface area contributed by atoms with Crippen LogP contribution in [0.5, 0.6) is 5.75 Å². The second-order valence-electron chi connectivity index (χ2n) is 5.15. The smallest absolute Gasteiger partial charge is 0.275 e. The zero-order chi connectivity index (χ0) is 14.3. The Morgan fingerprint density at radius 2 is 2.05 bits per heavy atom. The molecule has 0 bridgehead atoms. The minimum atomic E-state index is -0.749. The van der Waals surface area contributed by atoms with Gasteiger partial charge >= 0.3 is 0 Å². The molecule has 1 aromatic heterocycles. The van der Waals surface area contributed by atoms with Crippen molar-refractivity contribution in [3.63, 3.8) is 0 Å². The number of tetrazole rings is 1. The SMILES string of the molecule is O=C1c2ccccc2OC2(CCNCC2)N1c1nn[nH]n1. The van der Waals surface area contributed by atoms with E-state index in [1.165, 1.54) is 4.90 Å². The zero-order valence-corrected chi connectivity index (χ0v) is 11.2. The largest absolute Gasteiger partial charge is 0.466 e. The van der Waals surface area contributed by atoms with Crippen molar-refractivity contribution in [2.45, 2.75) is 18.6 Å². The van der Waals surface area contributed by atoms with Gasteiger partial charge in [-0.1, -0.05) is 17.2 Å². The molecule has 8 nitrogen and oxygen atoms in total. The summed E-state index contributed by atoms with van der Waals surface area (Å²) in [5, 5.41) is 17.2. The predicted octanol–water partition coefficient (Wildman–Crippen LogP) is 0.319. The number of piperidine rings is 1. The molecule has 0 saturated carbocycles. The van der Waals surface area contributed by atoms with Crippen molar-refractivity contribution in [2.75, 3.05) is 18.0 Å². The predicted molar refractivity (Wildman–Crippen MR) is 72.9 cm³/mol. The molecule has 2 aliphatic heterocycles. The number of fused-ring (bicyclic) bond motifs is 1. The Kier molecular flexibility index (Phi) is 2.64. The van der Waals surface area contributed by atoms with Crippen LogP contribution in [0.1, 0.15) is 23.2 Å². The normalized spacial score (nSPS) is 20.2. The van der Waals surface area contributed by atoms with E-state index in [9.17, 15) is 4.79 Å². The second-order valence-corrected chi connectivity index (χ2v) is 5.15. The Morgan fingerprint density at radius 1 is 1.24 bits per heavy atom. The van der Waals surface area contributed by atoms with Crippen LogP contribution in [-0.2, 0) is 0 Å². The molecule has 1 amide bonds. The van der Waals surface area contributed by atoms with E-state index in [0.29, 0.717) is 24.2 Å². The van der Waals surface area contributed by atoms with Crippen LogP contribution in [0.2, 0.25) is 0 Å². The number of hydrogen-bond acceptors (Lipinski definition) is 6. The molecule has 1 saturated heterocycles.